The van der Waals surface area contributed by atoms with Gasteiger partial charge in [0.15, 0.2) is 5.82 Å². The molecular weight excluding hydrogens is 371 g/mol. The number of piperidine rings is 1. The number of hydrogen-bond acceptors (Lipinski definition) is 3. The van der Waals surface area contributed by atoms with Crippen LogP contribution in [0.3, 0.4) is 0 Å². The van der Waals surface area contributed by atoms with Crippen molar-refractivity contribution < 1.29 is 12.8 Å². The quantitative estimate of drug-likeness (QED) is 0.627. The fraction of sp³-hybridized carbons (Fsp3) is 0.500. The Morgan fingerprint density at radius 1 is 1.50 bits per heavy atom. The van der Waals surface area contributed by atoms with Crippen LogP contribution in [0.4, 0.5) is 10.1 Å². The summed E-state index contributed by atoms with van der Waals surface area (Å²) in [5.41, 5.74) is 5.26. The van der Waals surface area contributed by atoms with E-state index < -0.39 is 20.7 Å². The smallest absolute Gasteiger partial charge is 0.246 e. The highest BCUT2D eigenvalue weighted by atomic mass is 79.9. The molecule has 20 heavy (non-hydrogen) atoms. The molecule has 8 heteroatoms. The van der Waals surface area contributed by atoms with Crippen LogP contribution in [-0.2, 0) is 10.0 Å². The Bertz CT molecular complexity index is 639. The molecule has 1 aromatic carbocycles. The van der Waals surface area contributed by atoms with E-state index in [2.05, 4.69) is 15.9 Å². The summed E-state index contributed by atoms with van der Waals surface area (Å²) in [7, 11) is -3.93. The van der Waals surface area contributed by atoms with Crippen molar-refractivity contribution in [1.29, 1.82) is 0 Å². The van der Waals surface area contributed by atoms with E-state index in [9.17, 15) is 12.8 Å². The monoisotopic (exact) mass is 384 g/mol. The van der Waals surface area contributed by atoms with Crippen LogP contribution in [0.5, 0.6) is 0 Å². The molecule has 1 aliphatic rings. The highest BCUT2D eigenvalue weighted by Gasteiger charge is 2.34. The fourth-order valence-electron chi connectivity index (χ4n) is 2.34. The number of sulfonamides is 1. The third kappa shape index (κ3) is 2.68. The van der Waals surface area contributed by atoms with Crippen molar-refractivity contribution in [1.82, 2.24) is 4.31 Å². The lowest BCUT2D eigenvalue weighted by Crippen LogP contribution is -2.42. The van der Waals surface area contributed by atoms with E-state index in [1.54, 1.807) is 0 Å². The Kier molecular flexibility index (Phi) is 4.63. The van der Waals surface area contributed by atoms with E-state index in [-0.39, 0.29) is 21.2 Å². The van der Waals surface area contributed by atoms with Crippen molar-refractivity contribution in [2.75, 3.05) is 12.3 Å². The number of nitrogens with two attached hydrogens (primary N) is 1. The zero-order valence-electron chi connectivity index (χ0n) is 10.9. The van der Waals surface area contributed by atoms with Crippen LogP contribution in [0.1, 0.15) is 26.2 Å². The first-order valence-electron chi connectivity index (χ1n) is 6.21. The molecule has 1 aliphatic heterocycles. The van der Waals surface area contributed by atoms with Crippen LogP contribution in [0.2, 0.25) is 5.02 Å². The van der Waals surface area contributed by atoms with Gasteiger partial charge in [-0.3, -0.25) is 0 Å². The van der Waals surface area contributed by atoms with Crippen LogP contribution >= 0.6 is 27.5 Å². The van der Waals surface area contributed by atoms with Gasteiger partial charge < -0.3 is 5.73 Å². The van der Waals surface area contributed by atoms with Gasteiger partial charge >= 0.3 is 0 Å². The average Bonchev–Trinajstić information content (AvgIpc) is 2.40. The van der Waals surface area contributed by atoms with Gasteiger partial charge in [0.25, 0.3) is 0 Å². The maximum absolute atomic E-state index is 14.2. The second kappa shape index (κ2) is 5.79. The van der Waals surface area contributed by atoms with Gasteiger partial charge in [-0.15, -0.1) is 0 Å². The van der Waals surface area contributed by atoms with Crippen molar-refractivity contribution in [3.05, 3.63) is 21.4 Å². The first kappa shape index (κ1) is 16.0. The van der Waals surface area contributed by atoms with Gasteiger partial charge in [-0.05, 0) is 41.8 Å². The van der Waals surface area contributed by atoms with E-state index in [4.69, 9.17) is 17.3 Å². The van der Waals surface area contributed by atoms with Crippen molar-refractivity contribution in [3.63, 3.8) is 0 Å². The molecule has 0 aliphatic carbocycles. The molecule has 1 saturated heterocycles. The van der Waals surface area contributed by atoms with Crippen molar-refractivity contribution in [3.8, 4) is 0 Å². The van der Waals surface area contributed by atoms with Crippen molar-refractivity contribution in [2.45, 2.75) is 37.1 Å². The second-order valence-corrected chi connectivity index (χ2v) is 7.92. The molecular formula is C12H15BrClFN2O2S. The van der Waals surface area contributed by atoms with Crippen molar-refractivity contribution >= 4 is 43.2 Å². The summed E-state index contributed by atoms with van der Waals surface area (Å²) >= 11 is 8.93. The third-order valence-corrected chi connectivity index (χ3v) is 6.88. The molecule has 1 aromatic rings. The molecule has 0 bridgehead atoms. The molecule has 1 heterocycles. The van der Waals surface area contributed by atoms with E-state index in [1.807, 2.05) is 6.92 Å². The number of nitrogen functional groups attached to an aromatic ring is 1. The van der Waals surface area contributed by atoms with Gasteiger partial charge in [0.2, 0.25) is 10.0 Å². The lowest BCUT2D eigenvalue weighted by Gasteiger charge is -2.32. The molecule has 0 radical (unpaired) electrons. The largest absolute Gasteiger partial charge is 0.395 e. The van der Waals surface area contributed by atoms with Gasteiger partial charge in [-0.1, -0.05) is 18.0 Å². The van der Waals surface area contributed by atoms with E-state index >= 15 is 0 Å². The minimum Gasteiger partial charge on any atom is -0.395 e. The summed E-state index contributed by atoms with van der Waals surface area (Å²) in [4.78, 5) is -0.461. The van der Waals surface area contributed by atoms with E-state index in [0.29, 0.717) is 6.54 Å². The number of halogens is 3. The van der Waals surface area contributed by atoms with Crippen LogP contribution in [0.25, 0.3) is 0 Å². The summed E-state index contributed by atoms with van der Waals surface area (Å²) in [6.45, 7) is 2.20. The average molecular weight is 386 g/mol. The Labute approximate surface area is 131 Å². The minimum atomic E-state index is -3.93. The van der Waals surface area contributed by atoms with Gasteiger partial charge in [0.05, 0.1) is 15.2 Å². The number of anilines is 1. The van der Waals surface area contributed by atoms with Crippen LogP contribution in [0, 0.1) is 5.82 Å². The molecule has 0 spiro atoms. The van der Waals surface area contributed by atoms with Gasteiger partial charge in [-0.25, -0.2) is 12.8 Å². The molecule has 2 N–H and O–H groups in total. The summed E-state index contributed by atoms with van der Waals surface area (Å²) < 4.78 is 40.9. The normalized spacial score (nSPS) is 21.1. The number of benzene rings is 1. The zero-order chi connectivity index (χ0) is 15.1. The SMILES string of the molecule is CC1CCCCN1S(=O)(=O)c1cc(Cl)c(Br)c(N)c1F. The maximum atomic E-state index is 14.2. The van der Waals surface area contributed by atoms with Crippen LogP contribution < -0.4 is 5.73 Å². The molecule has 1 fully saturated rings. The number of rotatable bonds is 2. The van der Waals surface area contributed by atoms with E-state index in [0.717, 1.165) is 25.3 Å². The van der Waals surface area contributed by atoms with Crippen molar-refractivity contribution in [2.24, 2.45) is 0 Å². The number of nitrogens with zero attached hydrogens (tertiary/aromatic N) is 1. The molecule has 0 amide bonds. The summed E-state index contributed by atoms with van der Waals surface area (Å²) in [5.74, 6) is -0.959. The highest BCUT2D eigenvalue weighted by molar-refractivity contribution is 9.10. The molecule has 0 saturated carbocycles. The molecule has 0 aromatic heterocycles. The fourth-order valence-corrected chi connectivity index (χ4v) is 4.71. The zero-order valence-corrected chi connectivity index (χ0v) is 14.0. The highest BCUT2D eigenvalue weighted by Crippen LogP contribution is 2.36. The molecule has 1 unspecified atom stereocenters. The molecule has 4 nitrogen and oxygen atoms in total. The summed E-state index contributed by atoms with van der Waals surface area (Å²) in [6.07, 6.45) is 2.50. The predicted molar refractivity (Wildman–Crippen MR) is 80.7 cm³/mol. The molecule has 2 rings (SSSR count). The van der Waals surface area contributed by atoms with Crippen LogP contribution in [-0.4, -0.2) is 25.3 Å². The number of hydrogen-bond donors (Lipinski definition) is 1. The van der Waals surface area contributed by atoms with E-state index in [1.165, 1.54) is 4.31 Å². The first-order chi connectivity index (χ1) is 9.26. The Hall–Kier alpha value is -0.370. The van der Waals surface area contributed by atoms with Gasteiger partial charge in [0, 0.05) is 12.6 Å². The maximum Gasteiger partial charge on any atom is 0.246 e. The molecule has 1 atom stereocenters. The predicted octanol–water partition coefficient (Wildman–Crippen LogP) is 3.39. The summed E-state index contributed by atoms with van der Waals surface area (Å²) in [6, 6.07) is 0.949. The lowest BCUT2D eigenvalue weighted by molar-refractivity contribution is 0.268. The van der Waals surface area contributed by atoms with Crippen LogP contribution in [0.15, 0.2) is 15.4 Å². The molecule has 112 valence electrons. The summed E-state index contributed by atoms with van der Waals surface area (Å²) in [5, 5.41) is 0.0761. The minimum absolute atomic E-state index is 0.0761. The second-order valence-electron chi connectivity index (χ2n) is 4.86. The Morgan fingerprint density at radius 3 is 2.75 bits per heavy atom. The van der Waals surface area contributed by atoms with Gasteiger partial charge in [0.1, 0.15) is 4.90 Å². The van der Waals surface area contributed by atoms with Gasteiger partial charge in [-0.2, -0.15) is 4.31 Å². The lowest BCUT2D eigenvalue weighted by atomic mass is 10.1. The topological polar surface area (TPSA) is 63.4 Å². The third-order valence-electron chi connectivity index (χ3n) is 3.49. The Morgan fingerprint density at radius 2 is 2.15 bits per heavy atom. The standard InChI is InChI=1S/C12H15BrClFN2O2S/c1-7-4-2-3-5-17(7)20(18,19)9-6-8(14)10(13)12(16)11(9)15/h6-7H,2-5,16H2,1H3. The first-order valence-corrected chi connectivity index (χ1v) is 8.82. The Balaban J connectivity index is 2.55.